The van der Waals surface area contributed by atoms with Gasteiger partial charge in [0.2, 0.25) is 5.91 Å². The summed E-state index contributed by atoms with van der Waals surface area (Å²) in [5.41, 5.74) is 0.319. The van der Waals surface area contributed by atoms with Gasteiger partial charge in [0.05, 0.1) is 14.2 Å². The minimum Gasteiger partial charge on any atom is -0.497 e. The van der Waals surface area contributed by atoms with E-state index in [0.717, 1.165) is 4.57 Å². The second-order valence-corrected chi connectivity index (χ2v) is 8.71. The van der Waals surface area contributed by atoms with Gasteiger partial charge >= 0.3 is 5.69 Å². The van der Waals surface area contributed by atoms with E-state index in [2.05, 4.69) is 9.97 Å². The zero-order valence-corrected chi connectivity index (χ0v) is 21.3. The van der Waals surface area contributed by atoms with Crippen molar-refractivity contribution in [3.05, 3.63) is 56.5 Å². The van der Waals surface area contributed by atoms with E-state index >= 15 is 0 Å². The highest BCUT2D eigenvalue weighted by Gasteiger charge is 2.29. The van der Waals surface area contributed by atoms with Crippen LogP contribution < -0.4 is 20.7 Å². The molecule has 3 aromatic rings. The molecule has 1 aliphatic heterocycles. The largest absolute Gasteiger partial charge is 0.497 e. The second-order valence-electron chi connectivity index (χ2n) is 8.71. The molecule has 3 heterocycles. The van der Waals surface area contributed by atoms with Crippen LogP contribution in [0.3, 0.4) is 0 Å². The van der Waals surface area contributed by atoms with E-state index in [1.807, 2.05) is 0 Å². The lowest BCUT2D eigenvalue weighted by Crippen LogP contribution is -2.44. The van der Waals surface area contributed by atoms with Gasteiger partial charge in [-0.2, -0.15) is 0 Å². The highest BCUT2D eigenvalue weighted by molar-refractivity contribution is 5.94. The van der Waals surface area contributed by atoms with Gasteiger partial charge in [0.15, 0.2) is 5.65 Å². The first-order valence-electron chi connectivity index (χ1n) is 11.9. The number of nitrogens with zero attached hydrogens (tertiary/aromatic N) is 5. The molecule has 0 atom stereocenters. The summed E-state index contributed by atoms with van der Waals surface area (Å²) >= 11 is 0. The summed E-state index contributed by atoms with van der Waals surface area (Å²) < 4.78 is 12.9. The Labute approximate surface area is 212 Å². The molecule has 4 rings (SSSR count). The number of hydrogen-bond acceptors (Lipinski definition) is 7. The maximum atomic E-state index is 12.9. The molecule has 1 N–H and O–H groups in total. The molecule has 2 amide bonds. The molecule has 0 bridgehead atoms. The number of hydrazine groups is 1. The third-order valence-electron chi connectivity index (χ3n) is 6.36. The van der Waals surface area contributed by atoms with E-state index in [1.165, 1.54) is 27.7 Å². The fraction of sp³-hybridized carbons (Fsp3) is 0.400. The van der Waals surface area contributed by atoms with Crippen molar-refractivity contribution in [2.45, 2.75) is 25.7 Å². The molecule has 37 heavy (non-hydrogen) atoms. The van der Waals surface area contributed by atoms with Crippen LogP contribution in [0.15, 0.2) is 33.9 Å². The Morgan fingerprint density at radius 2 is 1.84 bits per heavy atom. The van der Waals surface area contributed by atoms with Gasteiger partial charge in [0, 0.05) is 51.7 Å². The van der Waals surface area contributed by atoms with Crippen molar-refractivity contribution in [2.24, 2.45) is 14.1 Å². The van der Waals surface area contributed by atoms with Crippen molar-refractivity contribution in [3.8, 4) is 11.5 Å². The monoisotopic (exact) mass is 510 g/mol. The average molecular weight is 511 g/mol. The molecule has 0 unspecified atom stereocenters. The molecular formula is C25H30N6O6. The van der Waals surface area contributed by atoms with E-state index in [-0.39, 0.29) is 29.4 Å². The minimum absolute atomic E-state index is 0.169. The van der Waals surface area contributed by atoms with Crippen LogP contribution in [0, 0.1) is 0 Å². The Bertz CT molecular complexity index is 1480. The first kappa shape index (κ1) is 25.7. The number of methoxy groups -OCH3 is 2. The second kappa shape index (κ2) is 10.7. The highest BCUT2D eigenvalue weighted by Crippen LogP contribution is 2.25. The van der Waals surface area contributed by atoms with Crippen LogP contribution in [0.25, 0.3) is 17.2 Å². The van der Waals surface area contributed by atoms with Crippen molar-refractivity contribution in [1.82, 2.24) is 29.1 Å². The van der Waals surface area contributed by atoms with Gasteiger partial charge in [-0.15, -0.1) is 0 Å². The van der Waals surface area contributed by atoms with Crippen molar-refractivity contribution in [3.63, 3.8) is 0 Å². The van der Waals surface area contributed by atoms with E-state index in [0.29, 0.717) is 55.2 Å². The molecule has 0 radical (unpaired) electrons. The normalized spacial score (nSPS) is 13.6. The first-order chi connectivity index (χ1) is 17.7. The van der Waals surface area contributed by atoms with Gasteiger partial charge in [0.25, 0.3) is 11.5 Å². The highest BCUT2D eigenvalue weighted by atomic mass is 16.5. The molecular weight excluding hydrogens is 480 g/mol. The fourth-order valence-electron chi connectivity index (χ4n) is 4.35. The topological polar surface area (TPSA) is 132 Å². The Balaban J connectivity index is 1.39. The van der Waals surface area contributed by atoms with Crippen LogP contribution in [0.1, 0.15) is 30.7 Å². The van der Waals surface area contributed by atoms with Crippen LogP contribution in [0.4, 0.5) is 0 Å². The number of aryl methyl sites for hydroxylation is 2. The van der Waals surface area contributed by atoms with Crippen molar-refractivity contribution >= 4 is 29.1 Å². The summed E-state index contributed by atoms with van der Waals surface area (Å²) in [7, 11) is 6.07. The summed E-state index contributed by atoms with van der Waals surface area (Å²) in [6.07, 6.45) is 4.82. The zero-order valence-electron chi connectivity index (χ0n) is 21.3. The number of carbonyl (C=O) groups excluding carboxylic acids is 2. The number of H-pyrrole nitrogens is 1. The van der Waals surface area contributed by atoms with Crippen molar-refractivity contribution < 1.29 is 19.1 Å². The lowest BCUT2D eigenvalue weighted by atomic mass is 10.1. The van der Waals surface area contributed by atoms with Crippen LogP contribution in [0.2, 0.25) is 0 Å². The van der Waals surface area contributed by atoms with Gasteiger partial charge in [-0.05, 0) is 37.1 Å². The van der Waals surface area contributed by atoms with Gasteiger partial charge in [-0.25, -0.2) is 14.8 Å². The number of benzene rings is 1. The summed E-state index contributed by atoms with van der Waals surface area (Å²) in [6, 6.07) is 5.29. The number of rotatable bonds is 8. The van der Waals surface area contributed by atoms with Crippen LogP contribution in [0.5, 0.6) is 11.5 Å². The number of amides is 2. The molecule has 0 spiro atoms. The van der Waals surface area contributed by atoms with Gasteiger partial charge in [0.1, 0.15) is 22.8 Å². The number of ether oxygens (including phenoxy) is 2. The summed E-state index contributed by atoms with van der Waals surface area (Å²) in [4.78, 5) is 57.6. The maximum absolute atomic E-state index is 12.9. The number of hydrogen-bond donors (Lipinski definition) is 1. The number of aromatic amines is 1. The number of nitrogens with one attached hydrogen (secondary N) is 1. The molecule has 0 aliphatic carbocycles. The van der Waals surface area contributed by atoms with Crippen molar-refractivity contribution in [2.75, 3.05) is 27.3 Å². The molecule has 12 nitrogen and oxygen atoms in total. The van der Waals surface area contributed by atoms with E-state index in [1.54, 1.807) is 45.5 Å². The molecule has 1 aliphatic rings. The maximum Gasteiger partial charge on any atom is 0.332 e. The zero-order chi connectivity index (χ0) is 26.7. The van der Waals surface area contributed by atoms with E-state index in [4.69, 9.17) is 9.47 Å². The summed E-state index contributed by atoms with van der Waals surface area (Å²) in [6.45, 7) is 0.911. The number of aromatic nitrogens is 4. The fourth-order valence-corrected chi connectivity index (χ4v) is 4.35. The van der Waals surface area contributed by atoms with Gasteiger partial charge < -0.3 is 14.5 Å². The van der Waals surface area contributed by atoms with Crippen LogP contribution in [-0.4, -0.2) is 68.2 Å². The number of carbonyl (C=O) groups is 2. The minimum atomic E-state index is -0.455. The van der Waals surface area contributed by atoms with Gasteiger partial charge in [-0.3, -0.25) is 28.5 Å². The molecule has 0 saturated carbocycles. The molecule has 12 heteroatoms. The Morgan fingerprint density at radius 1 is 1.08 bits per heavy atom. The molecule has 2 aromatic heterocycles. The lowest BCUT2D eigenvalue weighted by molar-refractivity contribution is -0.154. The van der Waals surface area contributed by atoms with E-state index in [9.17, 15) is 19.2 Å². The molecule has 1 fully saturated rings. The van der Waals surface area contributed by atoms with Crippen LogP contribution in [-0.2, 0) is 30.1 Å². The summed E-state index contributed by atoms with van der Waals surface area (Å²) in [5.74, 6) is 1.29. The lowest BCUT2D eigenvalue weighted by Gasteiger charge is -2.27. The first-order valence-corrected chi connectivity index (χ1v) is 11.9. The summed E-state index contributed by atoms with van der Waals surface area (Å²) in [5, 5.41) is 2.93. The van der Waals surface area contributed by atoms with Crippen LogP contribution >= 0.6 is 0 Å². The smallest absolute Gasteiger partial charge is 0.332 e. The van der Waals surface area contributed by atoms with Gasteiger partial charge in [-0.1, -0.05) is 0 Å². The predicted molar refractivity (Wildman–Crippen MR) is 136 cm³/mol. The van der Waals surface area contributed by atoms with Crippen molar-refractivity contribution in [1.29, 1.82) is 0 Å². The predicted octanol–water partition coefficient (Wildman–Crippen LogP) is 0.990. The average Bonchev–Trinajstić information content (AvgIpc) is 3.57. The Morgan fingerprint density at radius 3 is 2.57 bits per heavy atom. The Hall–Kier alpha value is -4.35. The molecule has 1 saturated heterocycles. The third-order valence-corrected chi connectivity index (χ3v) is 6.36. The molecule has 196 valence electrons. The number of imidazole rings is 1. The number of fused-ring (bicyclic) bond motifs is 1. The third kappa shape index (κ3) is 5.13. The SMILES string of the molecule is COc1ccc(OC)c(/C=C/C(=O)N2CCCN2C(=O)CCCc2nc3c([nH]2)c(=O)n(C)c(=O)n3C)c1. The molecule has 1 aromatic carbocycles. The quantitative estimate of drug-likeness (QED) is 0.447. The van der Waals surface area contributed by atoms with E-state index < -0.39 is 11.2 Å². The Kier molecular flexibility index (Phi) is 7.46. The standard InChI is InChI=1S/C25H30N6O6/c1-28-23-22(24(34)29(2)25(28)35)26-19(27-23)7-5-8-20(32)30-13-6-14-31(30)21(33)12-9-16-15-17(36-3)10-11-18(16)37-4/h9-12,15H,5-8,13-14H2,1-4H3,(H,26,27)/b12-9+.